The minimum Gasteiger partial charge on any atom is -0.465 e. The van der Waals surface area contributed by atoms with E-state index in [1.54, 1.807) is 6.07 Å². The van der Waals surface area contributed by atoms with Gasteiger partial charge in [-0.3, -0.25) is 0 Å². The zero-order valence-corrected chi connectivity index (χ0v) is 20.1. The molecule has 0 radical (unpaired) electrons. The van der Waals surface area contributed by atoms with E-state index in [-0.39, 0.29) is 18.9 Å². The highest BCUT2D eigenvalue weighted by atomic mass is 79.9. The van der Waals surface area contributed by atoms with Crippen molar-refractivity contribution >= 4 is 21.9 Å². The molecular weight excluding hydrogens is 460 g/mol. The molecule has 0 saturated carbocycles. The van der Waals surface area contributed by atoms with Crippen LogP contribution in [-0.2, 0) is 35.0 Å². The Kier molecular flexibility index (Phi) is 18.0. The topological polar surface area (TPSA) is 92.7 Å². The van der Waals surface area contributed by atoms with Crippen molar-refractivity contribution in [1.29, 1.82) is 0 Å². The first kappa shape index (κ1) is 28.9. The maximum atomic E-state index is 11.5. The van der Waals surface area contributed by atoms with Crippen LogP contribution in [0.2, 0.25) is 0 Å². The molecule has 0 bridgehead atoms. The molecule has 1 N–H and O–H groups in total. The molecule has 0 aliphatic rings. The summed E-state index contributed by atoms with van der Waals surface area (Å²) in [6, 6.07) is 5.37. The van der Waals surface area contributed by atoms with Crippen molar-refractivity contribution in [2.45, 2.75) is 46.9 Å². The third-order valence-electron chi connectivity index (χ3n) is 3.52. The number of methoxy groups -OCH3 is 1. The molecule has 0 saturated heterocycles. The first-order valence-corrected chi connectivity index (χ1v) is 10.8. The lowest BCUT2D eigenvalue weighted by atomic mass is 10.1. The molecule has 0 atom stereocenters. The number of benzene rings is 1. The third-order valence-corrected chi connectivity index (χ3v) is 4.18. The number of halogens is 1. The lowest BCUT2D eigenvalue weighted by Crippen LogP contribution is -2.23. The van der Waals surface area contributed by atoms with Crippen LogP contribution in [0.25, 0.3) is 0 Å². The van der Waals surface area contributed by atoms with Crippen LogP contribution in [0.3, 0.4) is 0 Å². The van der Waals surface area contributed by atoms with Gasteiger partial charge in [0.25, 0.3) is 0 Å². The highest BCUT2D eigenvalue weighted by molar-refractivity contribution is 9.10. The average molecular weight is 495 g/mol. The second-order valence-electron chi connectivity index (χ2n) is 5.68. The lowest BCUT2D eigenvalue weighted by molar-refractivity contribution is -0.169. The predicted octanol–water partition coefficient (Wildman–Crippen LogP) is 3.53. The first-order chi connectivity index (χ1) is 14.5. The predicted molar refractivity (Wildman–Crippen MR) is 116 cm³/mol. The number of ether oxygens (including phenoxy) is 6. The van der Waals surface area contributed by atoms with Gasteiger partial charge in [-0.2, -0.15) is 0 Å². The number of carbonyl (C=O) groups is 1. The van der Waals surface area contributed by atoms with Crippen LogP contribution in [0.15, 0.2) is 22.7 Å². The Labute approximate surface area is 187 Å². The summed E-state index contributed by atoms with van der Waals surface area (Å²) in [4.78, 5) is 11.5. The largest absolute Gasteiger partial charge is 0.465 e. The zero-order valence-electron chi connectivity index (χ0n) is 18.5. The summed E-state index contributed by atoms with van der Waals surface area (Å²) in [7, 11) is 1.35. The van der Waals surface area contributed by atoms with E-state index in [0.29, 0.717) is 49.7 Å². The van der Waals surface area contributed by atoms with Crippen molar-refractivity contribution in [1.82, 2.24) is 0 Å². The number of aliphatic hydroxyl groups is 1. The van der Waals surface area contributed by atoms with Crippen LogP contribution >= 0.6 is 15.9 Å². The Balaban J connectivity index is 0.000000787. The van der Waals surface area contributed by atoms with E-state index in [4.69, 9.17) is 33.5 Å². The van der Waals surface area contributed by atoms with E-state index in [2.05, 4.69) is 15.9 Å². The van der Waals surface area contributed by atoms with E-state index >= 15 is 0 Å². The van der Waals surface area contributed by atoms with Gasteiger partial charge >= 0.3 is 5.97 Å². The molecule has 0 amide bonds. The summed E-state index contributed by atoms with van der Waals surface area (Å²) in [6.07, 6.45) is -0.780. The molecule has 0 spiro atoms. The van der Waals surface area contributed by atoms with Crippen LogP contribution in [0.5, 0.6) is 0 Å². The SMILES string of the molecule is CCOC(CO)OCC.CCOC(COCc1ccc(C(=O)OC)c(Br)c1)OCC. The van der Waals surface area contributed by atoms with Gasteiger partial charge in [-0.25, -0.2) is 4.79 Å². The summed E-state index contributed by atoms with van der Waals surface area (Å²) in [5.74, 6) is -0.373. The molecule has 1 aromatic carbocycles. The second kappa shape index (κ2) is 18.7. The van der Waals surface area contributed by atoms with Crippen molar-refractivity contribution in [3.8, 4) is 0 Å². The van der Waals surface area contributed by atoms with Gasteiger partial charge in [0, 0.05) is 30.9 Å². The molecule has 0 heterocycles. The summed E-state index contributed by atoms with van der Waals surface area (Å²) in [5, 5.41) is 8.54. The normalized spacial score (nSPS) is 10.8. The van der Waals surface area contributed by atoms with Crippen molar-refractivity contribution in [2.24, 2.45) is 0 Å². The van der Waals surface area contributed by atoms with E-state index in [0.717, 1.165) is 5.56 Å². The van der Waals surface area contributed by atoms with Gasteiger partial charge in [0.1, 0.15) is 0 Å². The quantitative estimate of drug-likeness (QED) is 0.310. The standard InChI is InChI=1S/C15H21BrO5.C6H14O3/c1-4-20-14(21-5-2)10-19-9-11-6-7-12(13(16)8-11)15(17)18-3;1-3-8-6(5-7)9-4-2/h6-8,14H,4-5,9-10H2,1-3H3;6-7H,3-5H2,1-2H3. The molecule has 30 heavy (non-hydrogen) atoms. The third kappa shape index (κ3) is 12.6. The van der Waals surface area contributed by atoms with Gasteiger partial charge in [0.05, 0.1) is 32.5 Å². The molecule has 0 fully saturated rings. The van der Waals surface area contributed by atoms with Crippen LogP contribution in [-0.4, -0.2) is 70.4 Å². The fourth-order valence-corrected chi connectivity index (χ4v) is 2.83. The Bertz CT molecular complexity index is 558. The van der Waals surface area contributed by atoms with Crippen molar-refractivity contribution < 1.29 is 38.3 Å². The minimum absolute atomic E-state index is 0.0678. The molecule has 0 aliphatic carbocycles. The molecule has 0 unspecified atom stereocenters. The molecule has 0 aliphatic heterocycles. The molecule has 1 rings (SSSR count). The molecular formula is C21H35BrO8. The van der Waals surface area contributed by atoms with Crippen molar-refractivity contribution in [3.63, 3.8) is 0 Å². The van der Waals surface area contributed by atoms with Gasteiger partial charge in [0.2, 0.25) is 0 Å². The Morgan fingerprint density at radius 3 is 1.93 bits per heavy atom. The Morgan fingerprint density at radius 2 is 1.50 bits per heavy atom. The fraction of sp³-hybridized carbons (Fsp3) is 0.667. The van der Waals surface area contributed by atoms with Crippen LogP contribution in [0.1, 0.15) is 43.6 Å². The zero-order chi connectivity index (χ0) is 22.8. The number of carbonyl (C=O) groups excluding carboxylic acids is 1. The second-order valence-corrected chi connectivity index (χ2v) is 6.54. The molecule has 9 heteroatoms. The Morgan fingerprint density at radius 1 is 0.967 bits per heavy atom. The number of hydrogen-bond acceptors (Lipinski definition) is 8. The average Bonchev–Trinajstić information content (AvgIpc) is 2.74. The maximum Gasteiger partial charge on any atom is 0.339 e. The smallest absolute Gasteiger partial charge is 0.339 e. The van der Waals surface area contributed by atoms with E-state index in [9.17, 15) is 4.79 Å². The molecule has 174 valence electrons. The molecule has 0 aromatic heterocycles. The highest BCUT2D eigenvalue weighted by Gasteiger charge is 2.12. The summed E-state index contributed by atoms with van der Waals surface area (Å²) in [6.45, 7) is 10.6. The number of hydrogen-bond donors (Lipinski definition) is 1. The maximum absolute atomic E-state index is 11.5. The monoisotopic (exact) mass is 494 g/mol. The van der Waals surface area contributed by atoms with Gasteiger partial charge in [0.15, 0.2) is 12.6 Å². The van der Waals surface area contributed by atoms with Gasteiger partial charge < -0.3 is 33.5 Å². The van der Waals surface area contributed by atoms with Gasteiger partial charge in [-0.1, -0.05) is 6.07 Å². The lowest BCUT2D eigenvalue weighted by Gasteiger charge is -2.17. The highest BCUT2D eigenvalue weighted by Crippen LogP contribution is 2.20. The number of esters is 1. The number of rotatable bonds is 14. The van der Waals surface area contributed by atoms with Crippen molar-refractivity contribution in [2.75, 3.05) is 46.8 Å². The minimum atomic E-state index is -0.431. The summed E-state index contributed by atoms with van der Waals surface area (Å²) >= 11 is 3.35. The van der Waals surface area contributed by atoms with Crippen LogP contribution < -0.4 is 0 Å². The summed E-state index contributed by atoms with van der Waals surface area (Å²) in [5.41, 5.74) is 1.43. The van der Waals surface area contributed by atoms with E-state index < -0.39 is 6.29 Å². The number of aliphatic hydroxyl groups excluding tert-OH is 1. The van der Waals surface area contributed by atoms with Crippen LogP contribution in [0.4, 0.5) is 0 Å². The van der Waals surface area contributed by atoms with E-state index in [1.807, 2.05) is 39.8 Å². The first-order valence-electron chi connectivity index (χ1n) is 9.98. The van der Waals surface area contributed by atoms with Gasteiger partial charge in [-0.15, -0.1) is 0 Å². The van der Waals surface area contributed by atoms with E-state index in [1.165, 1.54) is 7.11 Å². The molecule has 1 aromatic rings. The Hall–Kier alpha value is -1.07. The fourth-order valence-electron chi connectivity index (χ4n) is 2.24. The van der Waals surface area contributed by atoms with Gasteiger partial charge in [-0.05, 0) is 61.3 Å². The molecule has 8 nitrogen and oxygen atoms in total. The summed E-state index contributed by atoms with van der Waals surface area (Å²) < 4.78 is 31.7. The van der Waals surface area contributed by atoms with Crippen molar-refractivity contribution in [3.05, 3.63) is 33.8 Å². The van der Waals surface area contributed by atoms with Crippen LogP contribution in [0, 0.1) is 0 Å².